The monoisotopic (exact) mass is 168 g/mol. The molecule has 0 saturated carbocycles. The molecule has 0 aliphatic heterocycles. The fourth-order valence-electron chi connectivity index (χ4n) is 0.881. The lowest BCUT2D eigenvalue weighted by Crippen LogP contribution is -1.83. The molecule has 1 aromatic carbocycles. The van der Waals surface area contributed by atoms with Crippen LogP contribution in [0.1, 0.15) is 18.9 Å². The number of halogens is 2. The SMILES string of the molecule is CCC=Cc1ccc(F)cc1F. The Balaban J connectivity index is 2.94. The van der Waals surface area contributed by atoms with Crippen molar-refractivity contribution >= 4 is 6.08 Å². The molecule has 0 nitrogen and oxygen atoms in total. The topological polar surface area (TPSA) is 0 Å². The van der Waals surface area contributed by atoms with Gasteiger partial charge in [-0.1, -0.05) is 19.1 Å². The largest absolute Gasteiger partial charge is 0.207 e. The van der Waals surface area contributed by atoms with Crippen LogP contribution >= 0.6 is 0 Å². The summed E-state index contributed by atoms with van der Waals surface area (Å²) >= 11 is 0. The average Bonchev–Trinajstić information content (AvgIpc) is 2.03. The molecule has 0 aliphatic carbocycles. The Morgan fingerprint density at radius 1 is 1.33 bits per heavy atom. The maximum Gasteiger partial charge on any atom is 0.133 e. The van der Waals surface area contributed by atoms with Crippen molar-refractivity contribution in [3.63, 3.8) is 0 Å². The van der Waals surface area contributed by atoms with Crippen LogP contribution in [0.4, 0.5) is 8.78 Å². The van der Waals surface area contributed by atoms with Crippen LogP contribution in [0.2, 0.25) is 0 Å². The molecule has 0 fully saturated rings. The Kier molecular flexibility index (Phi) is 2.97. The first kappa shape index (κ1) is 8.91. The van der Waals surface area contributed by atoms with Gasteiger partial charge in [0, 0.05) is 11.6 Å². The predicted octanol–water partition coefficient (Wildman–Crippen LogP) is 3.39. The summed E-state index contributed by atoms with van der Waals surface area (Å²) in [6.07, 6.45) is 4.32. The molecule has 0 unspecified atom stereocenters. The first-order chi connectivity index (χ1) is 5.74. The van der Waals surface area contributed by atoms with E-state index in [2.05, 4.69) is 0 Å². The van der Waals surface area contributed by atoms with E-state index in [0.717, 1.165) is 12.5 Å². The minimum Gasteiger partial charge on any atom is -0.207 e. The van der Waals surface area contributed by atoms with Gasteiger partial charge in [-0.3, -0.25) is 0 Å². The van der Waals surface area contributed by atoms with Gasteiger partial charge in [-0.05, 0) is 18.6 Å². The highest BCUT2D eigenvalue weighted by atomic mass is 19.1. The highest BCUT2D eigenvalue weighted by molar-refractivity contribution is 5.49. The summed E-state index contributed by atoms with van der Waals surface area (Å²) in [6.45, 7) is 1.96. The van der Waals surface area contributed by atoms with Gasteiger partial charge in [0.25, 0.3) is 0 Å². The summed E-state index contributed by atoms with van der Waals surface area (Å²) in [4.78, 5) is 0. The van der Waals surface area contributed by atoms with E-state index in [4.69, 9.17) is 0 Å². The van der Waals surface area contributed by atoms with Crippen molar-refractivity contribution < 1.29 is 8.78 Å². The third kappa shape index (κ3) is 2.16. The molecule has 0 aromatic heterocycles. The van der Waals surface area contributed by atoms with Crippen molar-refractivity contribution in [1.82, 2.24) is 0 Å². The van der Waals surface area contributed by atoms with Crippen LogP contribution in [0.25, 0.3) is 6.08 Å². The minimum absolute atomic E-state index is 0.429. The van der Waals surface area contributed by atoms with Crippen molar-refractivity contribution in [3.8, 4) is 0 Å². The van der Waals surface area contributed by atoms with Crippen LogP contribution in [0, 0.1) is 11.6 Å². The van der Waals surface area contributed by atoms with E-state index in [0.29, 0.717) is 5.56 Å². The van der Waals surface area contributed by atoms with Gasteiger partial charge in [-0.25, -0.2) is 8.78 Å². The lowest BCUT2D eigenvalue weighted by atomic mass is 10.2. The average molecular weight is 168 g/mol. The van der Waals surface area contributed by atoms with Crippen molar-refractivity contribution in [2.45, 2.75) is 13.3 Å². The zero-order valence-electron chi connectivity index (χ0n) is 6.85. The van der Waals surface area contributed by atoms with Crippen LogP contribution in [-0.4, -0.2) is 0 Å². The van der Waals surface area contributed by atoms with Crippen molar-refractivity contribution in [2.75, 3.05) is 0 Å². The van der Waals surface area contributed by atoms with Crippen LogP contribution in [0.15, 0.2) is 24.3 Å². The van der Waals surface area contributed by atoms with Gasteiger partial charge in [0.15, 0.2) is 0 Å². The Bertz CT molecular complexity index is 290. The fourth-order valence-corrected chi connectivity index (χ4v) is 0.881. The first-order valence-corrected chi connectivity index (χ1v) is 3.85. The molecular formula is C10H10F2. The zero-order valence-corrected chi connectivity index (χ0v) is 6.85. The number of hydrogen-bond donors (Lipinski definition) is 0. The van der Waals surface area contributed by atoms with Crippen LogP contribution in [-0.2, 0) is 0 Å². The number of benzene rings is 1. The van der Waals surface area contributed by atoms with Crippen molar-refractivity contribution in [3.05, 3.63) is 41.5 Å². The number of hydrogen-bond acceptors (Lipinski definition) is 0. The molecule has 12 heavy (non-hydrogen) atoms. The van der Waals surface area contributed by atoms with Gasteiger partial charge in [0.05, 0.1) is 0 Å². The molecule has 0 saturated heterocycles. The zero-order chi connectivity index (χ0) is 8.97. The Morgan fingerprint density at radius 2 is 2.08 bits per heavy atom. The second-order valence-corrected chi connectivity index (χ2v) is 2.48. The summed E-state index contributed by atoms with van der Waals surface area (Å²) in [5.74, 6) is -1.05. The number of rotatable bonds is 2. The minimum atomic E-state index is -0.541. The molecule has 0 spiro atoms. The van der Waals surface area contributed by atoms with Crippen molar-refractivity contribution in [1.29, 1.82) is 0 Å². The normalized spacial score (nSPS) is 10.9. The molecular weight excluding hydrogens is 158 g/mol. The molecule has 2 heteroatoms. The van der Waals surface area contributed by atoms with Gasteiger partial charge in [0.1, 0.15) is 11.6 Å². The molecule has 0 amide bonds. The Morgan fingerprint density at radius 3 is 2.67 bits per heavy atom. The molecule has 0 atom stereocenters. The maximum absolute atomic E-state index is 12.9. The van der Waals surface area contributed by atoms with Crippen LogP contribution < -0.4 is 0 Å². The lowest BCUT2D eigenvalue weighted by molar-refractivity contribution is 0.581. The molecule has 0 radical (unpaired) electrons. The summed E-state index contributed by atoms with van der Waals surface area (Å²) < 4.78 is 25.3. The Hall–Kier alpha value is -1.18. The van der Waals surface area contributed by atoms with E-state index < -0.39 is 11.6 Å². The smallest absolute Gasteiger partial charge is 0.133 e. The quantitative estimate of drug-likeness (QED) is 0.635. The molecule has 0 heterocycles. The van der Waals surface area contributed by atoms with Gasteiger partial charge < -0.3 is 0 Å². The third-order valence-electron chi connectivity index (χ3n) is 1.50. The van der Waals surface area contributed by atoms with Gasteiger partial charge in [-0.2, -0.15) is 0 Å². The summed E-state index contributed by atoms with van der Waals surface area (Å²) in [5, 5.41) is 0. The molecule has 64 valence electrons. The van der Waals surface area contributed by atoms with Crippen LogP contribution in [0.3, 0.4) is 0 Å². The molecule has 0 N–H and O–H groups in total. The van der Waals surface area contributed by atoms with E-state index >= 15 is 0 Å². The van der Waals surface area contributed by atoms with Gasteiger partial charge in [0.2, 0.25) is 0 Å². The van der Waals surface area contributed by atoms with Crippen molar-refractivity contribution in [2.24, 2.45) is 0 Å². The molecule has 0 bridgehead atoms. The lowest BCUT2D eigenvalue weighted by Gasteiger charge is -1.95. The fraction of sp³-hybridized carbons (Fsp3) is 0.200. The predicted molar refractivity (Wildman–Crippen MR) is 45.7 cm³/mol. The summed E-state index contributed by atoms with van der Waals surface area (Å²) in [5.41, 5.74) is 0.429. The molecule has 1 rings (SSSR count). The third-order valence-corrected chi connectivity index (χ3v) is 1.50. The molecule has 1 aromatic rings. The highest BCUT2D eigenvalue weighted by Crippen LogP contribution is 2.11. The van der Waals surface area contributed by atoms with Gasteiger partial charge in [-0.15, -0.1) is 0 Å². The van der Waals surface area contributed by atoms with E-state index in [1.54, 1.807) is 6.08 Å². The highest BCUT2D eigenvalue weighted by Gasteiger charge is 1.98. The second kappa shape index (κ2) is 4.00. The van der Waals surface area contributed by atoms with E-state index in [1.807, 2.05) is 13.0 Å². The second-order valence-electron chi connectivity index (χ2n) is 2.48. The Labute approximate surface area is 70.5 Å². The summed E-state index contributed by atoms with van der Waals surface area (Å²) in [7, 11) is 0. The van der Waals surface area contributed by atoms with E-state index in [1.165, 1.54) is 12.1 Å². The standard InChI is InChI=1S/C10H10F2/c1-2-3-4-8-5-6-9(11)7-10(8)12/h3-7H,2H2,1H3. The van der Waals surface area contributed by atoms with Gasteiger partial charge >= 0.3 is 0 Å². The van der Waals surface area contributed by atoms with Crippen LogP contribution in [0.5, 0.6) is 0 Å². The maximum atomic E-state index is 12.9. The first-order valence-electron chi connectivity index (χ1n) is 3.85. The van der Waals surface area contributed by atoms with E-state index in [-0.39, 0.29) is 0 Å². The molecule has 0 aliphatic rings. The number of allylic oxidation sites excluding steroid dienone is 1. The van der Waals surface area contributed by atoms with E-state index in [9.17, 15) is 8.78 Å². The summed E-state index contributed by atoms with van der Waals surface area (Å²) in [6, 6.07) is 3.56.